The summed E-state index contributed by atoms with van der Waals surface area (Å²) in [5.74, 6) is -0.648. The first kappa shape index (κ1) is 12.7. The Morgan fingerprint density at radius 3 is 2.60 bits per heavy atom. The second kappa shape index (κ2) is 4.65. The summed E-state index contributed by atoms with van der Waals surface area (Å²) in [6.45, 7) is 1.94. The van der Waals surface area contributed by atoms with Gasteiger partial charge in [-0.25, -0.2) is 4.79 Å². The largest absolute Gasteiger partial charge is 0.508 e. The number of fused-ring (bicyclic) bond motifs is 1. The fraction of sp³-hybridized carbons (Fsp3) is 0.0625. The van der Waals surface area contributed by atoms with Crippen LogP contribution in [0.15, 0.2) is 42.5 Å². The average molecular weight is 284 g/mol. The molecule has 0 amide bonds. The van der Waals surface area contributed by atoms with Crippen molar-refractivity contribution in [3.63, 3.8) is 0 Å². The van der Waals surface area contributed by atoms with Crippen LogP contribution in [0.3, 0.4) is 0 Å². The molecule has 20 heavy (non-hydrogen) atoms. The number of carbonyl (C=O) groups is 1. The van der Waals surface area contributed by atoms with E-state index in [-0.39, 0.29) is 5.75 Å². The van der Waals surface area contributed by atoms with Crippen LogP contribution in [-0.4, -0.2) is 16.2 Å². The van der Waals surface area contributed by atoms with Crippen LogP contribution in [-0.2, 0) is 0 Å². The molecule has 0 saturated carbocycles. The van der Waals surface area contributed by atoms with E-state index in [2.05, 4.69) is 0 Å². The zero-order valence-corrected chi connectivity index (χ0v) is 11.6. The van der Waals surface area contributed by atoms with Crippen LogP contribution in [0.5, 0.6) is 5.75 Å². The van der Waals surface area contributed by atoms with Gasteiger partial charge in [0, 0.05) is 4.70 Å². The molecule has 1 aromatic heterocycles. The molecule has 0 unspecified atom stereocenters. The van der Waals surface area contributed by atoms with E-state index in [9.17, 15) is 9.90 Å². The summed E-state index contributed by atoms with van der Waals surface area (Å²) >= 11 is 1.27. The topological polar surface area (TPSA) is 57.5 Å². The zero-order valence-electron chi connectivity index (χ0n) is 10.8. The summed E-state index contributed by atoms with van der Waals surface area (Å²) in [5.41, 5.74) is 3.04. The third-order valence-corrected chi connectivity index (χ3v) is 4.34. The molecule has 3 nitrogen and oxygen atoms in total. The molecule has 0 saturated heterocycles. The Morgan fingerprint density at radius 2 is 1.90 bits per heavy atom. The number of aromatic hydroxyl groups is 1. The van der Waals surface area contributed by atoms with Gasteiger partial charge in [0.1, 0.15) is 10.6 Å². The highest BCUT2D eigenvalue weighted by Gasteiger charge is 2.10. The first-order valence-corrected chi connectivity index (χ1v) is 6.93. The van der Waals surface area contributed by atoms with Crippen LogP contribution >= 0.6 is 11.3 Å². The lowest BCUT2D eigenvalue weighted by molar-refractivity contribution is 0.0702. The molecule has 0 aliphatic carbocycles. The van der Waals surface area contributed by atoms with E-state index >= 15 is 0 Å². The quantitative estimate of drug-likeness (QED) is 0.738. The molecule has 0 atom stereocenters. The lowest BCUT2D eigenvalue weighted by Crippen LogP contribution is -1.89. The molecular formula is C16H12O3S. The fourth-order valence-electron chi connectivity index (χ4n) is 2.28. The molecule has 2 aromatic carbocycles. The van der Waals surface area contributed by atoms with Gasteiger partial charge in [0.05, 0.1) is 0 Å². The molecular weight excluding hydrogens is 272 g/mol. The number of benzene rings is 2. The second-order valence-corrected chi connectivity index (χ2v) is 5.75. The van der Waals surface area contributed by atoms with Crippen molar-refractivity contribution < 1.29 is 15.0 Å². The summed E-state index contributed by atoms with van der Waals surface area (Å²) in [5, 5.41) is 19.4. The van der Waals surface area contributed by atoms with Crippen molar-refractivity contribution in [2.24, 2.45) is 0 Å². The molecule has 4 heteroatoms. The third kappa shape index (κ3) is 2.14. The highest BCUT2D eigenvalue weighted by Crippen LogP contribution is 2.32. The summed E-state index contributed by atoms with van der Waals surface area (Å²) in [4.78, 5) is 11.3. The Kier molecular flexibility index (Phi) is 2.95. The van der Waals surface area contributed by atoms with E-state index in [1.165, 1.54) is 11.3 Å². The number of hydrogen-bond acceptors (Lipinski definition) is 3. The smallest absolute Gasteiger partial charge is 0.345 e. The Balaban J connectivity index is 2.14. The molecule has 2 N–H and O–H groups in total. The highest BCUT2D eigenvalue weighted by molar-refractivity contribution is 7.20. The second-order valence-electron chi connectivity index (χ2n) is 4.67. The van der Waals surface area contributed by atoms with Crippen molar-refractivity contribution in [3.05, 3.63) is 52.9 Å². The van der Waals surface area contributed by atoms with Gasteiger partial charge in [-0.1, -0.05) is 18.2 Å². The van der Waals surface area contributed by atoms with E-state index in [1.54, 1.807) is 18.2 Å². The summed E-state index contributed by atoms with van der Waals surface area (Å²) in [6.07, 6.45) is 0. The van der Waals surface area contributed by atoms with Crippen molar-refractivity contribution in [3.8, 4) is 16.9 Å². The van der Waals surface area contributed by atoms with Crippen molar-refractivity contribution in [1.29, 1.82) is 0 Å². The number of aromatic carboxylic acids is 1. The maximum absolute atomic E-state index is 11.0. The maximum atomic E-state index is 11.0. The molecule has 0 aliphatic heterocycles. The Morgan fingerprint density at radius 1 is 1.10 bits per heavy atom. The lowest BCUT2D eigenvalue weighted by atomic mass is 10.00. The van der Waals surface area contributed by atoms with Gasteiger partial charge in [0.2, 0.25) is 0 Å². The Hall–Kier alpha value is -2.33. The number of hydrogen-bond donors (Lipinski definition) is 2. The SMILES string of the molecule is Cc1cc(O)ccc1-c1ccc2cc(C(=O)O)sc2c1. The Labute approximate surface area is 119 Å². The minimum atomic E-state index is -0.895. The van der Waals surface area contributed by atoms with Crippen LogP contribution in [0.2, 0.25) is 0 Å². The summed E-state index contributed by atoms with van der Waals surface area (Å²) in [7, 11) is 0. The van der Waals surface area contributed by atoms with Gasteiger partial charge in [-0.2, -0.15) is 0 Å². The average Bonchev–Trinajstić information content (AvgIpc) is 2.81. The van der Waals surface area contributed by atoms with E-state index in [1.807, 2.05) is 31.2 Å². The minimum absolute atomic E-state index is 0.247. The van der Waals surface area contributed by atoms with Crippen LogP contribution in [0, 0.1) is 6.92 Å². The van der Waals surface area contributed by atoms with Gasteiger partial charge in [0.15, 0.2) is 0 Å². The van der Waals surface area contributed by atoms with Crippen LogP contribution in [0.1, 0.15) is 15.2 Å². The molecule has 0 aliphatic rings. The number of phenols is 1. The number of aryl methyl sites for hydroxylation is 1. The van der Waals surface area contributed by atoms with E-state index in [4.69, 9.17) is 5.11 Å². The van der Waals surface area contributed by atoms with Crippen molar-refractivity contribution >= 4 is 27.4 Å². The lowest BCUT2D eigenvalue weighted by Gasteiger charge is -2.06. The zero-order chi connectivity index (χ0) is 14.3. The normalized spacial score (nSPS) is 10.8. The fourth-order valence-corrected chi connectivity index (χ4v) is 3.22. The maximum Gasteiger partial charge on any atom is 0.345 e. The third-order valence-electron chi connectivity index (χ3n) is 3.25. The predicted octanol–water partition coefficient (Wildman–Crippen LogP) is 4.28. The molecule has 0 fully saturated rings. The van der Waals surface area contributed by atoms with Gasteiger partial charge in [-0.15, -0.1) is 11.3 Å². The monoisotopic (exact) mass is 284 g/mol. The molecule has 0 radical (unpaired) electrons. The van der Waals surface area contributed by atoms with Crippen LogP contribution in [0.25, 0.3) is 21.2 Å². The number of thiophene rings is 1. The van der Waals surface area contributed by atoms with Crippen LogP contribution < -0.4 is 0 Å². The van der Waals surface area contributed by atoms with Gasteiger partial charge in [-0.3, -0.25) is 0 Å². The minimum Gasteiger partial charge on any atom is -0.508 e. The highest BCUT2D eigenvalue weighted by atomic mass is 32.1. The van der Waals surface area contributed by atoms with Crippen LogP contribution in [0.4, 0.5) is 0 Å². The first-order chi connectivity index (χ1) is 9.54. The number of carboxylic acid groups (broad SMARTS) is 1. The van der Waals surface area contributed by atoms with Crippen molar-refractivity contribution in [1.82, 2.24) is 0 Å². The first-order valence-electron chi connectivity index (χ1n) is 6.11. The summed E-state index contributed by atoms with van der Waals surface area (Å²) < 4.78 is 0.951. The van der Waals surface area contributed by atoms with E-state index < -0.39 is 5.97 Å². The summed E-state index contributed by atoms with van der Waals surface area (Å²) in [6, 6.07) is 12.8. The Bertz CT molecular complexity index is 818. The predicted molar refractivity (Wildman–Crippen MR) is 80.6 cm³/mol. The van der Waals surface area contributed by atoms with Gasteiger partial charge < -0.3 is 10.2 Å². The van der Waals surface area contributed by atoms with Gasteiger partial charge in [-0.05, 0) is 53.3 Å². The molecule has 0 bridgehead atoms. The number of rotatable bonds is 2. The van der Waals surface area contributed by atoms with Crippen molar-refractivity contribution in [2.75, 3.05) is 0 Å². The van der Waals surface area contributed by atoms with Gasteiger partial charge in [0.25, 0.3) is 0 Å². The number of phenolic OH excluding ortho intramolecular Hbond substituents is 1. The molecule has 100 valence electrons. The molecule has 1 heterocycles. The van der Waals surface area contributed by atoms with E-state index in [0.717, 1.165) is 26.8 Å². The molecule has 3 rings (SSSR count). The molecule has 0 spiro atoms. The van der Waals surface area contributed by atoms with Crippen molar-refractivity contribution in [2.45, 2.75) is 6.92 Å². The molecule has 3 aromatic rings. The van der Waals surface area contributed by atoms with Gasteiger partial charge >= 0.3 is 5.97 Å². The van der Waals surface area contributed by atoms with E-state index in [0.29, 0.717) is 4.88 Å². The number of carboxylic acids is 1. The standard InChI is InChI=1S/C16H12O3S/c1-9-6-12(17)4-5-13(9)10-2-3-11-8-15(16(18)19)20-14(11)7-10/h2-8,17H,1H3,(H,18,19).